The van der Waals surface area contributed by atoms with Crippen molar-refractivity contribution in [2.24, 2.45) is 0 Å². The average molecular weight is 283 g/mol. The molecular weight excluding hydrogens is 269 g/mol. The lowest BCUT2D eigenvalue weighted by Gasteiger charge is -2.33. The zero-order chi connectivity index (χ0) is 12.3. The van der Waals surface area contributed by atoms with E-state index in [9.17, 15) is 4.39 Å². The van der Waals surface area contributed by atoms with Crippen LogP contribution in [-0.2, 0) is 38.1 Å². The highest BCUT2D eigenvalue weighted by Crippen LogP contribution is 2.48. The Kier molecular flexibility index (Phi) is 5.75. The van der Waals surface area contributed by atoms with E-state index in [1.54, 1.807) is 0 Å². The summed E-state index contributed by atoms with van der Waals surface area (Å²) in [6.45, 7) is 2.05. The zero-order valence-electron chi connectivity index (χ0n) is 9.17. The predicted molar refractivity (Wildman–Crippen MR) is 68.3 cm³/mol. The molecule has 0 bridgehead atoms. The molecule has 1 saturated heterocycles. The molecule has 0 aromatic carbocycles. The molecule has 1 aliphatic heterocycles. The van der Waals surface area contributed by atoms with Gasteiger partial charge in [0.2, 0.25) is 0 Å². The van der Waals surface area contributed by atoms with Crippen molar-refractivity contribution >= 4 is 37.4 Å². The second-order valence-electron chi connectivity index (χ2n) is 3.54. The average Bonchev–Trinajstić information content (AvgIpc) is 2.47. The summed E-state index contributed by atoms with van der Waals surface area (Å²) in [6.07, 6.45) is -2.21. The van der Waals surface area contributed by atoms with Gasteiger partial charge in [-0.1, -0.05) is 24.2 Å². The first-order valence-corrected chi connectivity index (χ1v) is 8.85. The van der Waals surface area contributed by atoms with Gasteiger partial charge in [-0.15, -0.1) is 0 Å². The van der Waals surface area contributed by atoms with Gasteiger partial charge >= 0.3 is 0 Å². The maximum Gasteiger partial charge on any atom is 0.146 e. The molecule has 0 aromatic rings. The summed E-state index contributed by atoms with van der Waals surface area (Å²) in [4.78, 5) is 0. The lowest BCUT2D eigenvalue weighted by molar-refractivity contribution is -0.00784. The third kappa shape index (κ3) is 3.69. The monoisotopic (exact) mass is 283 g/mol. The highest BCUT2D eigenvalue weighted by Gasteiger charge is 2.43. The summed E-state index contributed by atoms with van der Waals surface area (Å²) in [5, 5.41) is 0. The van der Waals surface area contributed by atoms with Crippen LogP contribution in [0.25, 0.3) is 0 Å². The van der Waals surface area contributed by atoms with Crippen molar-refractivity contribution in [1.29, 1.82) is 0 Å². The Hall–Kier alpha value is 0.875. The second kappa shape index (κ2) is 6.16. The summed E-state index contributed by atoms with van der Waals surface area (Å²) in [5.41, 5.74) is -2.36. The van der Waals surface area contributed by atoms with Crippen molar-refractivity contribution in [3.63, 3.8) is 0 Å². The van der Waals surface area contributed by atoms with E-state index in [1.165, 1.54) is 7.11 Å². The van der Waals surface area contributed by atoms with E-state index >= 15 is 0 Å². The van der Waals surface area contributed by atoms with Crippen LogP contribution in [0.5, 0.6) is 0 Å². The minimum absolute atomic E-state index is 0.215. The molecule has 0 aliphatic carbocycles. The summed E-state index contributed by atoms with van der Waals surface area (Å²) in [7, 11) is 6.96. The van der Waals surface area contributed by atoms with Crippen molar-refractivity contribution in [1.82, 2.24) is 0 Å². The molecule has 0 N–H and O–H groups in total. The van der Waals surface area contributed by atoms with E-state index < -0.39 is 29.8 Å². The number of rotatable bonds is 5. The molecule has 5 atom stereocenters. The maximum absolute atomic E-state index is 13.7. The van der Waals surface area contributed by atoms with Crippen LogP contribution in [0.4, 0.5) is 4.39 Å². The Morgan fingerprint density at radius 1 is 1.62 bits per heavy atom. The molecule has 0 spiro atoms. The van der Waals surface area contributed by atoms with Crippen LogP contribution in [0.15, 0.2) is 0 Å². The van der Waals surface area contributed by atoms with E-state index in [-0.39, 0.29) is 6.61 Å². The standard InChI is InChI=1S/C8H15BFO3PS2/c1-3-14(15,16)13-7-5(4-11-2)12-8(9)6(7)10/h5-8H,3-4H2,1-2H3,(H,15,16)/p-1/t5-,6?,7+,8-/m1/s1. The quantitative estimate of drug-likeness (QED) is 0.428. The van der Waals surface area contributed by atoms with Gasteiger partial charge in [-0.05, 0) is 6.16 Å². The predicted octanol–water partition coefficient (Wildman–Crippen LogP) is 1.13. The molecule has 2 radical (unpaired) electrons. The van der Waals surface area contributed by atoms with Crippen LogP contribution in [0.2, 0.25) is 0 Å². The third-order valence-corrected chi connectivity index (χ3v) is 5.73. The lowest BCUT2D eigenvalue weighted by Crippen LogP contribution is -2.33. The van der Waals surface area contributed by atoms with Crippen molar-refractivity contribution < 1.29 is 18.4 Å². The fourth-order valence-corrected chi connectivity index (χ4v) is 2.80. The zero-order valence-corrected chi connectivity index (χ0v) is 11.7. The fourth-order valence-electron chi connectivity index (χ4n) is 1.43. The Bertz CT molecular complexity index is 284. The summed E-state index contributed by atoms with van der Waals surface area (Å²) >= 11 is 10.2. The van der Waals surface area contributed by atoms with E-state index in [4.69, 9.17) is 45.9 Å². The Balaban J connectivity index is 2.70. The van der Waals surface area contributed by atoms with Gasteiger partial charge in [0.1, 0.15) is 26.2 Å². The summed E-state index contributed by atoms with van der Waals surface area (Å²) in [6, 6.07) is -0.994. The molecule has 3 nitrogen and oxygen atoms in total. The van der Waals surface area contributed by atoms with Crippen LogP contribution >= 0.6 is 5.47 Å². The van der Waals surface area contributed by atoms with Crippen LogP contribution in [0.3, 0.4) is 0 Å². The smallest absolute Gasteiger partial charge is 0.146 e. The minimum Gasteiger partial charge on any atom is -0.719 e. The molecule has 0 saturated carbocycles. The first-order valence-electron chi connectivity index (χ1n) is 4.93. The van der Waals surface area contributed by atoms with Crippen LogP contribution in [-0.4, -0.2) is 52.1 Å². The largest absolute Gasteiger partial charge is 0.719 e. The van der Waals surface area contributed by atoms with E-state index in [1.807, 2.05) is 6.92 Å². The molecule has 1 fully saturated rings. The fraction of sp³-hybridized carbons (Fsp3) is 1.00. The molecule has 0 amide bonds. The molecule has 1 heterocycles. The van der Waals surface area contributed by atoms with Gasteiger partial charge in [0.25, 0.3) is 0 Å². The highest BCUT2D eigenvalue weighted by atomic mass is 32.9. The van der Waals surface area contributed by atoms with Crippen LogP contribution in [0.1, 0.15) is 6.92 Å². The van der Waals surface area contributed by atoms with Crippen molar-refractivity contribution in [2.45, 2.75) is 31.3 Å². The Labute approximate surface area is 107 Å². The second-order valence-corrected chi connectivity index (χ2v) is 9.83. The molecule has 2 unspecified atom stereocenters. The number of halogens is 1. The van der Waals surface area contributed by atoms with Gasteiger partial charge in [-0.25, -0.2) is 4.39 Å². The van der Waals surface area contributed by atoms with Gasteiger partial charge in [-0.3, -0.25) is 0 Å². The Morgan fingerprint density at radius 3 is 2.75 bits per heavy atom. The van der Waals surface area contributed by atoms with Gasteiger partial charge in [0, 0.05) is 7.11 Å². The van der Waals surface area contributed by atoms with E-state index in [0.717, 1.165) is 0 Å². The number of alkyl halides is 1. The lowest BCUT2D eigenvalue weighted by atomic mass is 9.94. The summed E-state index contributed by atoms with van der Waals surface area (Å²) < 4.78 is 29.3. The molecule has 92 valence electrons. The maximum atomic E-state index is 13.7. The minimum atomic E-state index is -2.36. The van der Waals surface area contributed by atoms with Crippen molar-refractivity contribution in [2.75, 3.05) is 19.9 Å². The molecular formula is C8H14BFO3PS2-. The first-order chi connectivity index (χ1) is 7.41. The number of ether oxygens (including phenoxy) is 2. The Morgan fingerprint density at radius 2 is 2.25 bits per heavy atom. The molecule has 1 aliphatic rings. The van der Waals surface area contributed by atoms with Crippen LogP contribution < -0.4 is 0 Å². The highest BCUT2D eigenvalue weighted by molar-refractivity contribution is 8.53. The number of hydrogen-bond donors (Lipinski definition) is 0. The number of methoxy groups -OCH3 is 1. The number of hydrogen-bond acceptors (Lipinski definition) is 5. The van der Waals surface area contributed by atoms with Crippen molar-refractivity contribution in [3.8, 4) is 0 Å². The van der Waals surface area contributed by atoms with Gasteiger partial charge in [0.15, 0.2) is 0 Å². The third-order valence-electron chi connectivity index (χ3n) is 2.33. The molecule has 0 aromatic heterocycles. The normalized spacial score (nSPS) is 38.5. The summed E-state index contributed by atoms with van der Waals surface area (Å²) in [5.74, 6) is 0. The molecule has 8 heteroatoms. The van der Waals surface area contributed by atoms with Gasteiger partial charge < -0.3 is 26.2 Å². The van der Waals surface area contributed by atoms with Gasteiger partial charge in [-0.2, -0.15) is 0 Å². The van der Waals surface area contributed by atoms with Crippen molar-refractivity contribution in [3.05, 3.63) is 0 Å². The molecule has 16 heavy (non-hydrogen) atoms. The SMILES string of the molecule is [B][C@@H]1O[C@H](COC)[C@H](OP(=S)([S-])CC)C1F. The van der Waals surface area contributed by atoms with E-state index in [0.29, 0.717) is 6.16 Å². The topological polar surface area (TPSA) is 27.7 Å². The van der Waals surface area contributed by atoms with E-state index in [2.05, 4.69) is 0 Å². The van der Waals surface area contributed by atoms with Crippen LogP contribution in [0, 0.1) is 0 Å². The van der Waals surface area contributed by atoms with Gasteiger partial charge in [0.05, 0.1) is 12.6 Å². The molecule has 1 rings (SSSR count). The first kappa shape index (κ1) is 14.9.